The third-order valence-electron chi connectivity index (χ3n) is 2.37. The van der Waals surface area contributed by atoms with E-state index in [1.54, 1.807) is 12.1 Å². The van der Waals surface area contributed by atoms with E-state index in [4.69, 9.17) is 20.9 Å². The summed E-state index contributed by atoms with van der Waals surface area (Å²) < 4.78 is 10.9. The van der Waals surface area contributed by atoms with Crippen LogP contribution < -0.4 is 16.2 Å². The zero-order chi connectivity index (χ0) is 10.7. The number of rotatable bonds is 3. The van der Waals surface area contributed by atoms with E-state index in [1.165, 1.54) is 0 Å². The summed E-state index contributed by atoms with van der Waals surface area (Å²) in [6.07, 6.45) is 2.33. The topological polar surface area (TPSA) is 83.4 Å². The third kappa shape index (κ3) is 2.50. The average molecular weight is 209 g/mol. The van der Waals surface area contributed by atoms with Gasteiger partial charge in [0.05, 0.1) is 11.8 Å². The first-order valence-corrected chi connectivity index (χ1v) is 5.02. The molecule has 1 aliphatic rings. The van der Waals surface area contributed by atoms with Gasteiger partial charge in [-0.15, -0.1) is 0 Å². The van der Waals surface area contributed by atoms with Crippen molar-refractivity contribution in [3.8, 4) is 5.88 Å². The maximum Gasteiger partial charge on any atom is 0.215 e. The van der Waals surface area contributed by atoms with Crippen LogP contribution in [0.15, 0.2) is 12.1 Å². The van der Waals surface area contributed by atoms with Crippen LogP contribution in [0.3, 0.4) is 0 Å². The first-order chi connectivity index (χ1) is 7.25. The van der Waals surface area contributed by atoms with Gasteiger partial charge in [0.1, 0.15) is 6.61 Å². The van der Waals surface area contributed by atoms with Gasteiger partial charge < -0.3 is 20.9 Å². The molecule has 4 N–H and O–H groups in total. The van der Waals surface area contributed by atoms with Gasteiger partial charge in [0.25, 0.3) is 0 Å². The van der Waals surface area contributed by atoms with Crippen molar-refractivity contribution in [3.63, 3.8) is 0 Å². The van der Waals surface area contributed by atoms with Crippen LogP contribution in [-0.4, -0.2) is 24.3 Å². The van der Waals surface area contributed by atoms with Gasteiger partial charge in [-0.25, -0.2) is 0 Å². The second-order valence-corrected chi connectivity index (χ2v) is 3.57. The summed E-state index contributed by atoms with van der Waals surface area (Å²) in [5.74, 6) is 0.803. The van der Waals surface area contributed by atoms with Gasteiger partial charge in [-0.3, -0.25) is 0 Å². The molecule has 1 aromatic heterocycles. The Labute approximate surface area is 88.4 Å². The fourth-order valence-electron chi connectivity index (χ4n) is 1.50. The van der Waals surface area contributed by atoms with Crippen molar-refractivity contribution in [2.75, 3.05) is 24.7 Å². The molecule has 2 heterocycles. The summed E-state index contributed by atoms with van der Waals surface area (Å²) in [5.41, 5.74) is 11.6. The molecule has 1 unspecified atom stereocenters. The van der Waals surface area contributed by atoms with Crippen LogP contribution in [0.5, 0.6) is 5.88 Å². The molecule has 0 radical (unpaired) electrons. The molecular weight excluding hydrogens is 194 g/mol. The molecule has 0 aliphatic carbocycles. The van der Waals surface area contributed by atoms with E-state index in [9.17, 15) is 0 Å². The second-order valence-electron chi connectivity index (χ2n) is 3.57. The van der Waals surface area contributed by atoms with Crippen LogP contribution >= 0.6 is 0 Å². The first kappa shape index (κ1) is 10.0. The summed E-state index contributed by atoms with van der Waals surface area (Å²) in [5, 5.41) is 0. The van der Waals surface area contributed by atoms with Gasteiger partial charge in [0.2, 0.25) is 5.88 Å². The Kier molecular flexibility index (Phi) is 2.91. The number of aromatic nitrogens is 1. The molecule has 0 bridgehead atoms. The maximum atomic E-state index is 5.56. The lowest BCUT2D eigenvalue weighted by Gasteiger charge is -2.11. The SMILES string of the molecule is Nc1ccc(OCC2CCCO2)nc1N. The lowest BCUT2D eigenvalue weighted by molar-refractivity contribution is 0.0664. The van der Waals surface area contributed by atoms with Crippen molar-refractivity contribution in [1.82, 2.24) is 4.98 Å². The summed E-state index contributed by atoms with van der Waals surface area (Å²) in [6, 6.07) is 3.40. The van der Waals surface area contributed by atoms with Gasteiger partial charge in [0, 0.05) is 12.7 Å². The van der Waals surface area contributed by atoms with Crippen molar-refractivity contribution >= 4 is 11.5 Å². The highest BCUT2D eigenvalue weighted by atomic mass is 16.5. The Morgan fingerprint density at radius 1 is 1.47 bits per heavy atom. The molecule has 1 fully saturated rings. The van der Waals surface area contributed by atoms with Crippen molar-refractivity contribution < 1.29 is 9.47 Å². The fraction of sp³-hybridized carbons (Fsp3) is 0.500. The number of nitrogens with zero attached hydrogens (tertiary/aromatic N) is 1. The predicted octanol–water partition coefficient (Wildman–Crippen LogP) is 0.804. The lowest BCUT2D eigenvalue weighted by Crippen LogP contribution is -2.17. The number of nitrogens with two attached hydrogens (primary N) is 2. The second kappa shape index (κ2) is 4.35. The highest BCUT2D eigenvalue weighted by Crippen LogP contribution is 2.18. The van der Waals surface area contributed by atoms with Crippen LogP contribution in [0.1, 0.15) is 12.8 Å². The van der Waals surface area contributed by atoms with E-state index in [0.717, 1.165) is 19.4 Å². The summed E-state index contributed by atoms with van der Waals surface area (Å²) >= 11 is 0. The molecule has 0 spiro atoms. The molecule has 1 aromatic rings. The van der Waals surface area contributed by atoms with Gasteiger partial charge in [-0.2, -0.15) is 4.98 Å². The highest BCUT2D eigenvalue weighted by molar-refractivity contribution is 5.58. The Hall–Kier alpha value is -1.49. The van der Waals surface area contributed by atoms with Crippen molar-refractivity contribution in [2.24, 2.45) is 0 Å². The minimum absolute atomic E-state index is 0.186. The minimum Gasteiger partial charge on any atom is -0.475 e. The molecule has 0 saturated carbocycles. The van der Waals surface area contributed by atoms with Crippen LogP contribution in [0, 0.1) is 0 Å². The van der Waals surface area contributed by atoms with Crippen molar-refractivity contribution in [2.45, 2.75) is 18.9 Å². The molecule has 0 aromatic carbocycles. The highest BCUT2D eigenvalue weighted by Gasteiger charge is 2.16. The Bertz CT molecular complexity index is 337. The van der Waals surface area contributed by atoms with E-state index >= 15 is 0 Å². The monoisotopic (exact) mass is 209 g/mol. The van der Waals surface area contributed by atoms with E-state index in [2.05, 4.69) is 4.98 Å². The standard InChI is InChI=1S/C10H15N3O2/c11-8-3-4-9(13-10(8)12)15-6-7-2-1-5-14-7/h3-4,7H,1-2,5-6,11H2,(H2,12,13). The van der Waals surface area contributed by atoms with E-state index < -0.39 is 0 Å². The number of pyridine rings is 1. The van der Waals surface area contributed by atoms with Gasteiger partial charge in [-0.05, 0) is 18.9 Å². The Balaban J connectivity index is 1.90. The molecule has 0 amide bonds. The zero-order valence-corrected chi connectivity index (χ0v) is 8.48. The fourth-order valence-corrected chi connectivity index (χ4v) is 1.50. The number of ether oxygens (including phenoxy) is 2. The Morgan fingerprint density at radius 3 is 3.00 bits per heavy atom. The molecule has 82 valence electrons. The lowest BCUT2D eigenvalue weighted by atomic mass is 10.2. The summed E-state index contributed by atoms with van der Waals surface area (Å²) in [4.78, 5) is 4.01. The molecule has 15 heavy (non-hydrogen) atoms. The molecule has 5 heteroatoms. The van der Waals surface area contributed by atoms with Crippen LogP contribution in [0.4, 0.5) is 11.5 Å². The molecular formula is C10H15N3O2. The number of hydrogen-bond acceptors (Lipinski definition) is 5. The average Bonchev–Trinajstić information content (AvgIpc) is 2.73. The largest absolute Gasteiger partial charge is 0.475 e. The van der Waals surface area contributed by atoms with E-state index in [-0.39, 0.29) is 6.10 Å². The van der Waals surface area contributed by atoms with Crippen LogP contribution in [-0.2, 0) is 4.74 Å². The van der Waals surface area contributed by atoms with Gasteiger partial charge in [0.15, 0.2) is 5.82 Å². The van der Waals surface area contributed by atoms with Gasteiger partial charge >= 0.3 is 0 Å². The third-order valence-corrected chi connectivity index (χ3v) is 2.37. The van der Waals surface area contributed by atoms with Crippen molar-refractivity contribution in [3.05, 3.63) is 12.1 Å². The molecule has 5 nitrogen and oxygen atoms in total. The van der Waals surface area contributed by atoms with Crippen molar-refractivity contribution in [1.29, 1.82) is 0 Å². The summed E-state index contributed by atoms with van der Waals surface area (Å²) in [6.45, 7) is 1.35. The van der Waals surface area contributed by atoms with E-state index in [0.29, 0.717) is 24.0 Å². The molecule has 1 saturated heterocycles. The smallest absolute Gasteiger partial charge is 0.215 e. The van der Waals surface area contributed by atoms with Crippen LogP contribution in [0.25, 0.3) is 0 Å². The van der Waals surface area contributed by atoms with E-state index in [1.807, 2.05) is 0 Å². The van der Waals surface area contributed by atoms with Gasteiger partial charge in [-0.1, -0.05) is 0 Å². The Morgan fingerprint density at radius 2 is 2.33 bits per heavy atom. The maximum absolute atomic E-state index is 5.56. The number of anilines is 2. The van der Waals surface area contributed by atoms with Crippen LogP contribution in [0.2, 0.25) is 0 Å². The molecule has 1 aliphatic heterocycles. The quantitative estimate of drug-likeness (QED) is 0.769. The normalized spacial score (nSPS) is 20.4. The molecule has 1 atom stereocenters. The first-order valence-electron chi connectivity index (χ1n) is 5.02. The number of hydrogen-bond donors (Lipinski definition) is 2. The summed E-state index contributed by atoms with van der Waals surface area (Å²) in [7, 11) is 0. The molecule has 2 rings (SSSR count). The number of nitrogen functional groups attached to an aromatic ring is 2. The minimum atomic E-state index is 0.186. The zero-order valence-electron chi connectivity index (χ0n) is 8.48. The predicted molar refractivity (Wildman–Crippen MR) is 57.5 cm³/mol.